The molecule has 6 rings (SSSR count). The molecule has 4 aliphatic carbocycles. The molecule has 2 unspecified atom stereocenters. The van der Waals surface area contributed by atoms with Crippen LogP contribution < -0.4 is 5.32 Å². The summed E-state index contributed by atoms with van der Waals surface area (Å²) in [5.74, 6) is -2.52. The van der Waals surface area contributed by atoms with Crippen LogP contribution in [0.2, 0.25) is 0 Å². The van der Waals surface area contributed by atoms with Gasteiger partial charge in [0.1, 0.15) is 5.92 Å². The summed E-state index contributed by atoms with van der Waals surface area (Å²) in [5.41, 5.74) is -0.950. The fraction of sp³-hybridized carbons (Fsp3) is 0.706. The third kappa shape index (κ3) is 1.90. The average Bonchev–Trinajstić information content (AvgIpc) is 3.05. The number of carbonyl (C=O) groups excluding carboxylic acids is 3. The van der Waals surface area contributed by atoms with E-state index in [0.717, 1.165) is 24.3 Å². The van der Waals surface area contributed by atoms with E-state index < -0.39 is 40.9 Å². The number of hydrazone groups is 1. The second-order valence-electron chi connectivity index (χ2n) is 8.41. The highest BCUT2D eigenvalue weighted by Gasteiger charge is 2.61. The summed E-state index contributed by atoms with van der Waals surface area (Å²) in [7, 11) is 0. The summed E-state index contributed by atoms with van der Waals surface area (Å²) in [4.78, 5) is 49.0. The van der Waals surface area contributed by atoms with Crippen molar-refractivity contribution in [3.05, 3.63) is 0 Å². The monoisotopic (exact) mass is 345 g/mol. The Balaban J connectivity index is 1.52. The van der Waals surface area contributed by atoms with Crippen LogP contribution in [0, 0.1) is 29.1 Å². The van der Waals surface area contributed by atoms with E-state index in [-0.39, 0.29) is 5.91 Å². The average molecular weight is 345 g/mol. The first-order valence-corrected chi connectivity index (χ1v) is 8.88. The molecule has 0 spiro atoms. The topological polar surface area (TPSA) is 116 Å². The van der Waals surface area contributed by atoms with E-state index in [0.29, 0.717) is 17.8 Å². The summed E-state index contributed by atoms with van der Waals surface area (Å²) in [6.07, 6.45) is 5.88. The molecule has 2 aliphatic heterocycles. The number of fused-ring (bicyclic) bond motifs is 1. The molecule has 2 N–H and O–H groups in total. The molecule has 0 aromatic heterocycles. The molecule has 5 fully saturated rings. The standard InChI is InChI=1S/C17H19N3O5/c21-13-10-11(15(23)24)19-20(12(10)14(22)18-13)16(25)17-4-7-1-8(5-17)3-9(2-7)6-17/h7-10,12H,1-6H2,(H,23,24)(H,18,21,22). The number of imide groups is 1. The molecule has 25 heavy (non-hydrogen) atoms. The summed E-state index contributed by atoms with van der Waals surface area (Å²) in [6.45, 7) is 0. The normalized spacial score (nSPS) is 43.9. The highest BCUT2D eigenvalue weighted by atomic mass is 16.4. The predicted molar refractivity (Wildman–Crippen MR) is 82.9 cm³/mol. The highest BCUT2D eigenvalue weighted by Crippen LogP contribution is 2.61. The minimum Gasteiger partial charge on any atom is -0.477 e. The molecule has 6 aliphatic rings. The van der Waals surface area contributed by atoms with Gasteiger partial charge in [-0.1, -0.05) is 0 Å². The number of rotatable bonds is 2. The summed E-state index contributed by atoms with van der Waals surface area (Å²) in [5, 5.41) is 16.5. The zero-order chi connectivity index (χ0) is 17.5. The number of aliphatic carboxylic acids is 1. The molecule has 8 heteroatoms. The van der Waals surface area contributed by atoms with Crippen molar-refractivity contribution in [2.24, 2.45) is 34.2 Å². The van der Waals surface area contributed by atoms with Crippen molar-refractivity contribution >= 4 is 29.4 Å². The maximum atomic E-state index is 13.4. The maximum absolute atomic E-state index is 13.4. The number of nitrogens with zero attached hydrogens (tertiary/aromatic N) is 2. The molecule has 2 heterocycles. The maximum Gasteiger partial charge on any atom is 0.353 e. The molecule has 2 atom stereocenters. The van der Waals surface area contributed by atoms with E-state index in [9.17, 15) is 24.3 Å². The second kappa shape index (κ2) is 4.68. The minimum absolute atomic E-state index is 0.261. The predicted octanol–water partition coefficient (Wildman–Crippen LogP) is 0.127. The molecule has 4 saturated carbocycles. The quantitative estimate of drug-likeness (QED) is 0.690. The molecule has 132 valence electrons. The van der Waals surface area contributed by atoms with Gasteiger partial charge in [-0.2, -0.15) is 5.10 Å². The van der Waals surface area contributed by atoms with Gasteiger partial charge in [0.05, 0.1) is 5.41 Å². The van der Waals surface area contributed by atoms with E-state index >= 15 is 0 Å². The Morgan fingerprint density at radius 3 is 2.12 bits per heavy atom. The van der Waals surface area contributed by atoms with Crippen molar-refractivity contribution in [1.82, 2.24) is 10.3 Å². The highest BCUT2D eigenvalue weighted by molar-refractivity contribution is 6.43. The molecule has 8 nitrogen and oxygen atoms in total. The Morgan fingerprint density at radius 2 is 1.60 bits per heavy atom. The van der Waals surface area contributed by atoms with Gasteiger partial charge in [-0.3, -0.25) is 19.7 Å². The fourth-order valence-electron chi connectivity index (χ4n) is 6.30. The van der Waals surface area contributed by atoms with Gasteiger partial charge in [-0.25, -0.2) is 9.80 Å². The SMILES string of the molecule is O=C(O)C1=NN(C(=O)C23CC4CC(CC(C4)C2)C3)C2C(=O)NC(=O)C12. The third-order valence-corrected chi connectivity index (χ3v) is 6.81. The Hall–Kier alpha value is -2.25. The van der Waals surface area contributed by atoms with Gasteiger partial charge in [-0.05, 0) is 56.3 Å². The van der Waals surface area contributed by atoms with E-state index in [2.05, 4.69) is 10.4 Å². The van der Waals surface area contributed by atoms with E-state index in [4.69, 9.17) is 0 Å². The first-order chi connectivity index (χ1) is 11.9. The minimum atomic E-state index is -1.36. The van der Waals surface area contributed by atoms with Crippen molar-refractivity contribution in [3.8, 4) is 0 Å². The van der Waals surface area contributed by atoms with Crippen molar-refractivity contribution in [2.45, 2.75) is 44.6 Å². The molecule has 0 aromatic carbocycles. The van der Waals surface area contributed by atoms with E-state index in [1.54, 1.807) is 0 Å². The van der Waals surface area contributed by atoms with Crippen LogP contribution in [0.4, 0.5) is 0 Å². The van der Waals surface area contributed by atoms with Gasteiger partial charge < -0.3 is 5.11 Å². The van der Waals surface area contributed by atoms with Crippen LogP contribution >= 0.6 is 0 Å². The van der Waals surface area contributed by atoms with Gasteiger partial charge in [0.15, 0.2) is 11.8 Å². The van der Waals surface area contributed by atoms with Crippen molar-refractivity contribution in [3.63, 3.8) is 0 Å². The molecule has 3 amide bonds. The molecular formula is C17H19N3O5. The van der Waals surface area contributed by atoms with Crippen LogP contribution in [0.15, 0.2) is 5.10 Å². The number of nitrogens with one attached hydrogen (secondary N) is 1. The molecule has 1 saturated heterocycles. The smallest absolute Gasteiger partial charge is 0.353 e. The molecule has 4 bridgehead atoms. The number of carbonyl (C=O) groups is 4. The number of amides is 3. The van der Waals surface area contributed by atoms with Crippen LogP contribution in [-0.4, -0.2) is 45.6 Å². The first kappa shape index (κ1) is 15.0. The lowest BCUT2D eigenvalue weighted by molar-refractivity contribution is -0.161. The van der Waals surface area contributed by atoms with Crippen LogP contribution in [0.1, 0.15) is 38.5 Å². The van der Waals surface area contributed by atoms with Crippen LogP contribution in [0.5, 0.6) is 0 Å². The van der Waals surface area contributed by atoms with Crippen molar-refractivity contribution < 1.29 is 24.3 Å². The first-order valence-electron chi connectivity index (χ1n) is 8.88. The second-order valence-corrected chi connectivity index (χ2v) is 8.41. The Morgan fingerprint density at radius 1 is 1.04 bits per heavy atom. The number of hydrogen-bond donors (Lipinski definition) is 2. The summed E-state index contributed by atoms with van der Waals surface area (Å²) in [6, 6.07) is -1.14. The number of hydrogen-bond acceptors (Lipinski definition) is 5. The van der Waals surface area contributed by atoms with Crippen LogP contribution in [-0.2, 0) is 19.2 Å². The van der Waals surface area contributed by atoms with Gasteiger partial charge in [-0.15, -0.1) is 0 Å². The van der Waals surface area contributed by atoms with E-state index in [1.165, 1.54) is 19.3 Å². The van der Waals surface area contributed by atoms with Gasteiger partial charge in [0.2, 0.25) is 11.8 Å². The molecular weight excluding hydrogens is 326 g/mol. The number of carboxylic acids is 1. The summed E-state index contributed by atoms with van der Waals surface area (Å²) < 4.78 is 0. The van der Waals surface area contributed by atoms with Gasteiger partial charge >= 0.3 is 5.97 Å². The summed E-state index contributed by atoms with van der Waals surface area (Å²) >= 11 is 0. The van der Waals surface area contributed by atoms with Crippen molar-refractivity contribution in [1.29, 1.82) is 0 Å². The van der Waals surface area contributed by atoms with Gasteiger partial charge in [0.25, 0.3) is 5.91 Å². The van der Waals surface area contributed by atoms with E-state index in [1.807, 2.05) is 0 Å². The Kier molecular flexibility index (Phi) is 2.81. The third-order valence-electron chi connectivity index (χ3n) is 6.81. The fourth-order valence-corrected chi connectivity index (χ4v) is 6.30. The van der Waals surface area contributed by atoms with Crippen molar-refractivity contribution in [2.75, 3.05) is 0 Å². The Bertz CT molecular complexity index is 722. The number of carboxylic acid groups (broad SMARTS) is 1. The zero-order valence-electron chi connectivity index (χ0n) is 13.6. The lowest BCUT2D eigenvalue weighted by atomic mass is 9.49. The lowest BCUT2D eigenvalue weighted by Gasteiger charge is -2.56. The van der Waals surface area contributed by atoms with Gasteiger partial charge in [0, 0.05) is 0 Å². The lowest BCUT2D eigenvalue weighted by Crippen LogP contribution is -2.55. The van der Waals surface area contributed by atoms with Crippen LogP contribution in [0.3, 0.4) is 0 Å². The Labute approximate surface area is 143 Å². The zero-order valence-corrected chi connectivity index (χ0v) is 13.6. The van der Waals surface area contributed by atoms with Crippen LogP contribution in [0.25, 0.3) is 0 Å². The molecule has 0 aromatic rings. The molecule has 0 radical (unpaired) electrons. The largest absolute Gasteiger partial charge is 0.477 e.